The van der Waals surface area contributed by atoms with E-state index in [4.69, 9.17) is 5.11 Å². The second kappa shape index (κ2) is 8.27. The molecule has 0 radical (unpaired) electrons. The van der Waals surface area contributed by atoms with Gasteiger partial charge in [-0.15, -0.1) is 0 Å². The van der Waals surface area contributed by atoms with E-state index in [2.05, 4.69) is 0 Å². The molecule has 0 spiro atoms. The van der Waals surface area contributed by atoms with Gasteiger partial charge in [-0.2, -0.15) is 0 Å². The summed E-state index contributed by atoms with van der Waals surface area (Å²) in [4.78, 5) is 10.7. The molecule has 4 N–H and O–H groups in total. The molecule has 0 heterocycles. The molecule has 0 atom stereocenters. The van der Waals surface area contributed by atoms with Gasteiger partial charge in [-0.25, -0.2) is 4.31 Å². The number of nitro benzene ring substituents is 1. The van der Waals surface area contributed by atoms with Gasteiger partial charge in [0.2, 0.25) is 0 Å². The highest BCUT2D eigenvalue weighted by Gasteiger charge is 2.37. The molecule has 118 valence electrons. The Morgan fingerprint density at radius 3 is 2.19 bits per heavy atom. The number of aliphatic hydroxyl groups excluding tert-OH is 4. The van der Waals surface area contributed by atoms with Crippen molar-refractivity contribution in [2.45, 2.75) is 10.4 Å². The van der Waals surface area contributed by atoms with E-state index in [0.717, 1.165) is 11.9 Å². The second-order valence-electron chi connectivity index (χ2n) is 4.34. The third-order valence-electron chi connectivity index (χ3n) is 2.99. The lowest BCUT2D eigenvalue weighted by molar-refractivity contribution is -0.387. The molecule has 0 aliphatic carbocycles. The molecule has 8 nitrogen and oxygen atoms in total. The van der Waals surface area contributed by atoms with Crippen LogP contribution in [0.5, 0.6) is 0 Å². The van der Waals surface area contributed by atoms with Crippen LogP contribution in [0.3, 0.4) is 0 Å². The van der Waals surface area contributed by atoms with Crippen molar-refractivity contribution in [3.05, 3.63) is 34.4 Å². The van der Waals surface area contributed by atoms with Crippen molar-refractivity contribution in [3.63, 3.8) is 0 Å². The lowest BCUT2D eigenvalue weighted by atomic mass is 10.0. The number of nitrogens with zero attached hydrogens (tertiary/aromatic N) is 2. The average molecular weight is 318 g/mol. The Labute approximate surface area is 125 Å². The van der Waals surface area contributed by atoms with Gasteiger partial charge >= 0.3 is 0 Å². The number of para-hydroxylation sites is 1. The standard InChI is InChI=1S/C12H18N2O6S/c15-6-5-13(12(7-16,8-17)9-18)21-11-4-2-1-3-10(11)14(19)20/h1-4,15-18H,5-9H2. The third-order valence-corrected chi connectivity index (χ3v) is 4.32. The predicted molar refractivity (Wildman–Crippen MR) is 76.7 cm³/mol. The molecule has 0 bridgehead atoms. The maximum Gasteiger partial charge on any atom is 0.284 e. The largest absolute Gasteiger partial charge is 0.395 e. The lowest BCUT2D eigenvalue weighted by Crippen LogP contribution is -2.55. The molecule has 0 saturated heterocycles. The molecule has 0 saturated carbocycles. The van der Waals surface area contributed by atoms with Crippen molar-refractivity contribution in [2.24, 2.45) is 0 Å². The van der Waals surface area contributed by atoms with Gasteiger partial charge in [-0.1, -0.05) is 12.1 Å². The zero-order valence-corrected chi connectivity index (χ0v) is 12.1. The molecule has 0 aromatic heterocycles. The molecule has 0 unspecified atom stereocenters. The van der Waals surface area contributed by atoms with Gasteiger partial charge in [0.05, 0.1) is 31.4 Å². The van der Waals surface area contributed by atoms with Gasteiger partial charge in [0.15, 0.2) is 0 Å². The van der Waals surface area contributed by atoms with E-state index >= 15 is 0 Å². The van der Waals surface area contributed by atoms with Gasteiger partial charge in [0.1, 0.15) is 10.4 Å². The van der Waals surface area contributed by atoms with E-state index in [1.165, 1.54) is 22.5 Å². The highest BCUT2D eigenvalue weighted by Crippen LogP contribution is 2.35. The minimum atomic E-state index is -1.39. The van der Waals surface area contributed by atoms with E-state index in [1.54, 1.807) is 6.07 Å². The second-order valence-corrected chi connectivity index (χ2v) is 5.40. The van der Waals surface area contributed by atoms with E-state index in [1.807, 2.05) is 0 Å². The van der Waals surface area contributed by atoms with Crippen LogP contribution >= 0.6 is 11.9 Å². The molecule has 0 aliphatic heterocycles. The topological polar surface area (TPSA) is 127 Å². The van der Waals surface area contributed by atoms with Crippen molar-refractivity contribution in [2.75, 3.05) is 33.0 Å². The van der Waals surface area contributed by atoms with Crippen LogP contribution in [-0.4, -0.2) is 68.2 Å². The molecule has 1 aromatic rings. The molecule has 0 aliphatic rings. The fraction of sp³-hybridized carbons (Fsp3) is 0.500. The lowest BCUT2D eigenvalue weighted by Gasteiger charge is -2.38. The molecule has 1 aromatic carbocycles. The summed E-state index contributed by atoms with van der Waals surface area (Å²) in [6, 6.07) is 5.99. The quantitative estimate of drug-likeness (QED) is 0.275. The van der Waals surface area contributed by atoms with Crippen molar-refractivity contribution in [1.29, 1.82) is 0 Å². The first-order valence-corrected chi connectivity index (χ1v) is 6.94. The van der Waals surface area contributed by atoms with Crippen LogP contribution in [0.2, 0.25) is 0 Å². The highest BCUT2D eigenvalue weighted by molar-refractivity contribution is 7.97. The number of nitro groups is 1. The number of aliphatic hydroxyl groups is 4. The first-order chi connectivity index (χ1) is 10.0. The minimum absolute atomic E-state index is 0.0123. The van der Waals surface area contributed by atoms with Crippen molar-refractivity contribution >= 4 is 17.6 Å². The molecule has 1 rings (SSSR count). The average Bonchev–Trinajstić information content (AvgIpc) is 2.50. The number of rotatable bonds is 9. The van der Waals surface area contributed by atoms with Crippen LogP contribution in [-0.2, 0) is 0 Å². The molecule has 0 fully saturated rings. The maximum absolute atomic E-state index is 11.0. The van der Waals surface area contributed by atoms with E-state index < -0.39 is 30.3 Å². The van der Waals surface area contributed by atoms with Gasteiger partial charge in [-0.3, -0.25) is 10.1 Å². The molecular weight excluding hydrogens is 300 g/mol. The summed E-state index contributed by atoms with van der Waals surface area (Å²) in [6.07, 6.45) is 0. The van der Waals surface area contributed by atoms with Gasteiger partial charge in [-0.05, 0) is 18.0 Å². The van der Waals surface area contributed by atoms with Crippen LogP contribution in [0.1, 0.15) is 0 Å². The van der Waals surface area contributed by atoms with Gasteiger partial charge in [0.25, 0.3) is 5.69 Å². The zero-order chi connectivity index (χ0) is 15.9. The summed E-state index contributed by atoms with van der Waals surface area (Å²) in [5, 5.41) is 48.4. The van der Waals surface area contributed by atoms with Crippen molar-refractivity contribution in [3.8, 4) is 0 Å². The van der Waals surface area contributed by atoms with Crippen molar-refractivity contribution < 1.29 is 25.3 Å². The number of benzene rings is 1. The van der Waals surface area contributed by atoms with Gasteiger partial charge < -0.3 is 20.4 Å². The molecule has 9 heteroatoms. The first kappa shape index (κ1) is 17.8. The summed E-state index contributed by atoms with van der Waals surface area (Å²) in [7, 11) is 0. The predicted octanol–water partition coefficient (Wildman–Crippen LogP) is -0.388. The summed E-state index contributed by atoms with van der Waals surface area (Å²) < 4.78 is 1.36. The Balaban J connectivity index is 3.11. The van der Waals surface area contributed by atoms with Crippen LogP contribution < -0.4 is 0 Å². The highest BCUT2D eigenvalue weighted by atomic mass is 32.2. The summed E-state index contributed by atoms with van der Waals surface area (Å²) in [6.45, 7) is -1.97. The minimum Gasteiger partial charge on any atom is -0.395 e. The fourth-order valence-electron chi connectivity index (χ4n) is 1.66. The number of hydrogen-bond donors (Lipinski definition) is 4. The summed E-state index contributed by atoms with van der Waals surface area (Å²) in [5.41, 5.74) is -1.52. The smallest absolute Gasteiger partial charge is 0.284 e. The number of β-amino-alcohol motifs (C(OH)–C–C–N with tert-alkyl or cyclic N) is 1. The summed E-state index contributed by atoms with van der Waals surface area (Å²) >= 11 is 0.901. The Morgan fingerprint density at radius 1 is 1.14 bits per heavy atom. The number of hydrogen-bond acceptors (Lipinski definition) is 8. The van der Waals surface area contributed by atoms with Gasteiger partial charge in [0, 0.05) is 12.6 Å². The van der Waals surface area contributed by atoms with E-state index in [0.29, 0.717) is 0 Å². The molecule has 21 heavy (non-hydrogen) atoms. The Morgan fingerprint density at radius 2 is 1.71 bits per heavy atom. The van der Waals surface area contributed by atoms with Crippen LogP contribution in [0.4, 0.5) is 5.69 Å². The molecule has 0 amide bonds. The van der Waals surface area contributed by atoms with E-state index in [9.17, 15) is 25.4 Å². The Kier molecular flexibility index (Phi) is 7.02. The SMILES string of the molecule is O=[N+]([O-])c1ccccc1SN(CCO)C(CO)(CO)CO. The first-order valence-electron chi connectivity index (χ1n) is 6.17. The van der Waals surface area contributed by atoms with Crippen LogP contribution in [0, 0.1) is 10.1 Å². The molecular formula is C12H18N2O6S. The zero-order valence-electron chi connectivity index (χ0n) is 11.3. The van der Waals surface area contributed by atoms with Crippen LogP contribution in [0.25, 0.3) is 0 Å². The normalized spacial score (nSPS) is 11.9. The monoisotopic (exact) mass is 318 g/mol. The summed E-state index contributed by atoms with van der Waals surface area (Å²) in [5.74, 6) is 0. The Bertz CT molecular complexity index is 461. The van der Waals surface area contributed by atoms with Crippen LogP contribution in [0.15, 0.2) is 29.2 Å². The van der Waals surface area contributed by atoms with Crippen molar-refractivity contribution in [1.82, 2.24) is 4.31 Å². The Hall–Kier alpha value is -1.23. The fourth-order valence-corrected chi connectivity index (χ4v) is 2.81. The maximum atomic E-state index is 11.0. The van der Waals surface area contributed by atoms with E-state index in [-0.39, 0.29) is 23.7 Å². The third kappa shape index (κ3) is 4.13.